The maximum Gasteiger partial charge on any atom is 0.331 e. The number of hydrogen-bond donors (Lipinski definition) is 1. The van der Waals surface area contributed by atoms with Gasteiger partial charge >= 0.3 is 11.9 Å². The van der Waals surface area contributed by atoms with Crippen LogP contribution in [0.15, 0.2) is 0 Å². The summed E-state index contributed by atoms with van der Waals surface area (Å²) in [6, 6.07) is 0. The third kappa shape index (κ3) is 6.79. The van der Waals surface area contributed by atoms with Gasteiger partial charge in [0.2, 0.25) is 0 Å². The Morgan fingerprint density at radius 2 is 2.09 bits per heavy atom. The van der Waals surface area contributed by atoms with E-state index in [9.17, 15) is 9.59 Å². The highest BCUT2D eigenvalue weighted by molar-refractivity contribution is 5.70. The van der Waals surface area contributed by atoms with Crippen LogP contribution in [0, 0.1) is 0 Å². The largest absolute Gasteiger partial charge is 0.481 e. The maximum absolute atomic E-state index is 10.4. The molecule has 0 heterocycles. The summed E-state index contributed by atoms with van der Waals surface area (Å²) >= 11 is 0. The Bertz CT molecular complexity index is 142. The molecule has 0 aromatic rings. The van der Waals surface area contributed by atoms with Gasteiger partial charge in [0.1, 0.15) is 6.61 Å². The second-order valence-corrected chi connectivity index (χ2v) is 1.77. The minimum Gasteiger partial charge on any atom is -0.481 e. The summed E-state index contributed by atoms with van der Waals surface area (Å²) < 4.78 is 8.89. The molecule has 0 unspecified atom stereocenters. The summed E-state index contributed by atoms with van der Waals surface area (Å²) in [7, 11) is 1.24. The molecule has 0 spiro atoms. The van der Waals surface area contributed by atoms with Crippen LogP contribution in [0.25, 0.3) is 0 Å². The van der Waals surface area contributed by atoms with E-state index in [0.717, 1.165) is 0 Å². The molecular formula is C6H10O5. The van der Waals surface area contributed by atoms with Crippen LogP contribution in [0.5, 0.6) is 0 Å². The Morgan fingerprint density at radius 3 is 2.55 bits per heavy atom. The van der Waals surface area contributed by atoms with Crippen molar-refractivity contribution < 1.29 is 24.2 Å². The molecule has 0 bridgehead atoms. The molecule has 0 aliphatic heterocycles. The van der Waals surface area contributed by atoms with Crippen LogP contribution in [0.2, 0.25) is 0 Å². The number of carboxylic acids is 1. The van der Waals surface area contributed by atoms with Gasteiger partial charge in [0, 0.05) is 0 Å². The fourth-order valence-corrected chi connectivity index (χ4v) is 0.374. The average molecular weight is 162 g/mol. The van der Waals surface area contributed by atoms with Crippen LogP contribution in [0.3, 0.4) is 0 Å². The van der Waals surface area contributed by atoms with Crippen LogP contribution in [0.4, 0.5) is 0 Å². The molecule has 0 saturated heterocycles. The Labute approximate surface area is 63.9 Å². The van der Waals surface area contributed by atoms with Crippen molar-refractivity contribution in [2.45, 2.75) is 6.42 Å². The number of carbonyl (C=O) groups excluding carboxylic acids is 1. The van der Waals surface area contributed by atoms with Gasteiger partial charge < -0.3 is 14.6 Å². The average Bonchev–Trinajstić information content (AvgIpc) is 1.97. The number of rotatable bonds is 5. The van der Waals surface area contributed by atoms with Gasteiger partial charge in [0.25, 0.3) is 0 Å². The van der Waals surface area contributed by atoms with Crippen molar-refractivity contribution in [1.82, 2.24) is 0 Å². The molecule has 0 aliphatic rings. The fraction of sp³-hybridized carbons (Fsp3) is 0.667. The smallest absolute Gasteiger partial charge is 0.331 e. The molecule has 0 aromatic heterocycles. The molecule has 0 aliphatic carbocycles. The highest BCUT2D eigenvalue weighted by Gasteiger charge is 2.00. The lowest BCUT2D eigenvalue weighted by Crippen LogP contribution is -2.12. The number of hydrogen-bond acceptors (Lipinski definition) is 4. The van der Waals surface area contributed by atoms with Crippen LogP contribution < -0.4 is 0 Å². The van der Waals surface area contributed by atoms with Crippen molar-refractivity contribution in [1.29, 1.82) is 0 Å². The van der Waals surface area contributed by atoms with E-state index in [1.807, 2.05) is 0 Å². The zero-order valence-electron chi connectivity index (χ0n) is 6.20. The summed E-state index contributed by atoms with van der Waals surface area (Å²) in [6.45, 7) is -0.159. The zero-order chi connectivity index (χ0) is 8.69. The van der Waals surface area contributed by atoms with Crippen LogP contribution in [-0.2, 0) is 19.1 Å². The molecule has 11 heavy (non-hydrogen) atoms. The summed E-state index contributed by atoms with van der Waals surface area (Å²) in [6.07, 6.45) is -0.100. The van der Waals surface area contributed by atoms with Crippen LogP contribution in [-0.4, -0.2) is 37.4 Å². The Morgan fingerprint density at radius 1 is 1.45 bits per heavy atom. The first-order valence-electron chi connectivity index (χ1n) is 3.03. The Balaban J connectivity index is 3.14. The molecule has 0 radical (unpaired) electrons. The summed E-state index contributed by atoms with van der Waals surface area (Å²) in [5, 5.41) is 8.14. The molecule has 5 heteroatoms. The van der Waals surface area contributed by atoms with Gasteiger partial charge in [-0.3, -0.25) is 4.79 Å². The first-order valence-corrected chi connectivity index (χ1v) is 3.03. The van der Waals surface area contributed by atoms with Crippen molar-refractivity contribution in [2.75, 3.05) is 20.3 Å². The predicted molar refractivity (Wildman–Crippen MR) is 35.1 cm³/mol. The van der Waals surface area contributed by atoms with E-state index in [1.54, 1.807) is 0 Å². The lowest BCUT2D eigenvalue weighted by Gasteiger charge is -1.99. The van der Waals surface area contributed by atoms with Crippen molar-refractivity contribution >= 4 is 11.9 Å². The zero-order valence-corrected chi connectivity index (χ0v) is 6.20. The molecule has 64 valence electrons. The second kappa shape index (κ2) is 5.67. The van der Waals surface area contributed by atoms with Gasteiger partial charge in [-0.25, -0.2) is 4.79 Å². The SMILES string of the molecule is COC(=O)COCCC(=O)O. The molecule has 0 atom stereocenters. The minimum absolute atomic E-state index is 0.0322. The highest BCUT2D eigenvalue weighted by atomic mass is 16.6. The topological polar surface area (TPSA) is 72.8 Å². The molecule has 0 fully saturated rings. The monoisotopic (exact) mass is 162 g/mol. The van der Waals surface area contributed by atoms with Crippen LogP contribution >= 0.6 is 0 Å². The molecule has 0 aromatic carbocycles. The van der Waals surface area contributed by atoms with E-state index in [1.165, 1.54) is 7.11 Å². The van der Waals surface area contributed by atoms with Gasteiger partial charge in [0.15, 0.2) is 0 Å². The number of esters is 1. The van der Waals surface area contributed by atoms with Crippen molar-refractivity contribution in [3.05, 3.63) is 0 Å². The summed E-state index contributed by atoms with van der Waals surface area (Å²) in [4.78, 5) is 20.3. The van der Waals surface area contributed by atoms with Gasteiger partial charge in [-0.15, -0.1) is 0 Å². The number of carbonyl (C=O) groups is 2. The lowest BCUT2D eigenvalue weighted by molar-refractivity contribution is -0.147. The lowest BCUT2D eigenvalue weighted by atomic mass is 10.5. The van der Waals surface area contributed by atoms with Gasteiger partial charge in [-0.2, -0.15) is 0 Å². The van der Waals surface area contributed by atoms with Crippen molar-refractivity contribution in [2.24, 2.45) is 0 Å². The van der Waals surface area contributed by atoms with Gasteiger partial charge in [0.05, 0.1) is 20.1 Å². The predicted octanol–water partition coefficient (Wildman–Crippen LogP) is -0.349. The molecule has 0 saturated carbocycles. The first kappa shape index (κ1) is 9.90. The first-order chi connectivity index (χ1) is 5.16. The third-order valence-corrected chi connectivity index (χ3v) is 0.908. The van der Waals surface area contributed by atoms with Crippen LogP contribution in [0.1, 0.15) is 6.42 Å². The van der Waals surface area contributed by atoms with E-state index in [4.69, 9.17) is 5.11 Å². The summed E-state index contributed by atoms with van der Waals surface area (Å²) in [5.41, 5.74) is 0. The van der Waals surface area contributed by atoms with Gasteiger partial charge in [-0.05, 0) is 0 Å². The van der Waals surface area contributed by atoms with E-state index in [0.29, 0.717) is 0 Å². The maximum atomic E-state index is 10.4. The molecule has 0 rings (SSSR count). The van der Waals surface area contributed by atoms with E-state index in [2.05, 4.69) is 9.47 Å². The van der Waals surface area contributed by atoms with E-state index < -0.39 is 11.9 Å². The van der Waals surface area contributed by atoms with Crippen molar-refractivity contribution in [3.63, 3.8) is 0 Å². The second-order valence-electron chi connectivity index (χ2n) is 1.77. The fourth-order valence-electron chi connectivity index (χ4n) is 0.374. The molecule has 1 N–H and O–H groups in total. The van der Waals surface area contributed by atoms with E-state index in [-0.39, 0.29) is 19.6 Å². The summed E-state index contributed by atoms with van der Waals surface area (Å²) in [5.74, 6) is -1.45. The number of aliphatic carboxylic acids is 1. The Hall–Kier alpha value is -1.10. The molecule has 0 amide bonds. The van der Waals surface area contributed by atoms with E-state index >= 15 is 0 Å². The Kier molecular flexibility index (Phi) is 5.10. The normalized spacial score (nSPS) is 9.18. The third-order valence-electron chi connectivity index (χ3n) is 0.908. The van der Waals surface area contributed by atoms with Gasteiger partial charge in [-0.1, -0.05) is 0 Å². The standard InChI is InChI=1S/C6H10O5/c1-10-6(9)4-11-3-2-5(7)8/h2-4H2,1H3,(H,7,8). The molecular weight excluding hydrogens is 152 g/mol. The molecule has 5 nitrogen and oxygen atoms in total. The number of carboxylic acid groups (broad SMARTS) is 1. The highest BCUT2D eigenvalue weighted by Crippen LogP contribution is 1.83. The minimum atomic E-state index is -0.949. The van der Waals surface area contributed by atoms with Crippen molar-refractivity contribution in [3.8, 4) is 0 Å². The number of methoxy groups -OCH3 is 1. The quantitative estimate of drug-likeness (QED) is 0.442. The number of ether oxygens (including phenoxy) is 2.